The zero-order chi connectivity index (χ0) is 17.2. The predicted molar refractivity (Wildman–Crippen MR) is 101 cm³/mol. The maximum atomic E-state index is 13.2. The molecule has 0 spiro atoms. The van der Waals surface area contributed by atoms with Crippen LogP contribution in [0.3, 0.4) is 0 Å². The van der Waals surface area contributed by atoms with E-state index in [9.17, 15) is 4.79 Å². The first-order chi connectivity index (χ1) is 11.5. The van der Waals surface area contributed by atoms with Gasteiger partial charge in [0.25, 0.3) is 0 Å². The SMILES string of the molecule is Cc1c(Cl)cccc1NC(=O)C1(c2ccc(Br)cc2)CCOCC1. The molecule has 126 valence electrons. The number of anilines is 1. The molecule has 1 amide bonds. The van der Waals surface area contributed by atoms with Gasteiger partial charge in [-0.1, -0.05) is 45.7 Å². The molecule has 3 nitrogen and oxygen atoms in total. The van der Waals surface area contributed by atoms with Gasteiger partial charge < -0.3 is 10.1 Å². The molecule has 0 saturated carbocycles. The van der Waals surface area contributed by atoms with Gasteiger partial charge in [0.1, 0.15) is 0 Å². The van der Waals surface area contributed by atoms with Crippen molar-refractivity contribution in [3.63, 3.8) is 0 Å². The molecule has 0 aliphatic carbocycles. The molecule has 1 aliphatic rings. The van der Waals surface area contributed by atoms with Crippen molar-refractivity contribution in [3.8, 4) is 0 Å². The molecule has 0 atom stereocenters. The molecule has 0 radical (unpaired) electrons. The number of amides is 1. The average molecular weight is 409 g/mol. The van der Waals surface area contributed by atoms with Gasteiger partial charge in [0.05, 0.1) is 5.41 Å². The van der Waals surface area contributed by atoms with Crippen molar-refractivity contribution >= 4 is 39.1 Å². The van der Waals surface area contributed by atoms with Gasteiger partial charge in [-0.3, -0.25) is 4.79 Å². The second-order valence-corrected chi connectivity index (χ2v) is 7.39. The Morgan fingerprint density at radius 1 is 1.17 bits per heavy atom. The Hall–Kier alpha value is -1.36. The highest BCUT2D eigenvalue weighted by Crippen LogP contribution is 2.37. The fraction of sp³-hybridized carbons (Fsp3) is 0.316. The van der Waals surface area contributed by atoms with Gasteiger partial charge in [-0.2, -0.15) is 0 Å². The fourth-order valence-corrected chi connectivity index (χ4v) is 3.56. The van der Waals surface area contributed by atoms with E-state index in [0.717, 1.165) is 21.3 Å². The fourth-order valence-electron chi connectivity index (χ4n) is 3.12. The van der Waals surface area contributed by atoms with Crippen LogP contribution < -0.4 is 5.32 Å². The Morgan fingerprint density at radius 2 is 1.83 bits per heavy atom. The molecule has 3 rings (SSSR count). The molecule has 0 aromatic heterocycles. The maximum absolute atomic E-state index is 13.2. The van der Waals surface area contributed by atoms with Crippen LogP contribution in [0, 0.1) is 6.92 Å². The quantitative estimate of drug-likeness (QED) is 0.767. The van der Waals surface area contributed by atoms with Gasteiger partial charge in [0, 0.05) is 28.4 Å². The molecule has 1 N–H and O–H groups in total. The molecule has 1 aliphatic heterocycles. The molecule has 2 aromatic carbocycles. The largest absolute Gasteiger partial charge is 0.381 e. The van der Waals surface area contributed by atoms with Crippen molar-refractivity contribution in [2.24, 2.45) is 0 Å². The lowest BCUT2D eigenvalue weighted by atomic mass is 9.73. The smallest absolute Gasteiger partial charge is 0.235 e. The predicted octanol–water partition coefficient (Wildman–Crippen LogP) is 5.10. The second-order valence-electron chi connectivity index (χ2n) is 6.07. The summed E-state index contributed by atoms with van der Waals surface area (Å²) < 4.78 is 6.50. The van der Waals surface area contributed by atoms with Crippen LogP contribution in [0.15, 0.2) is 46.9 Å². The highest BCUT2D eigenvalue weighted by atomic mass is 79.9. The summed E-state index contributed by atoms with van der Waals surface area (Å²) in [6, 6.07) is 13.5. The summed E-state index contributed by atoms with van der Waals surface area (Å²) >= 11 is 9.63. The normalized spacial score (nSPS) is 16.6. The van der Waals surface area contributed by atoms with Crippen LogP contribution in [0.1, 0.15) is 24.0 Å². The van der Waals surface area contributed by atoms with E-state index in [2.05, 4.69) is 21.2 Å². The molecule has 24 heavy (non-hydrogen) atoms. The van der Waals surface area contributed by atoms with E-state index in [-0.39, 0.29) is 5.91 Å². The zero-order valence-corrected chi connectivity index (χ0v) is 15.8. The molecule has 1 heterocycles. The van der Waals surface area contributed by atoms with Crippen LogP contribution in [0.4, 0.5) is 5.69 Å². The summed E-state index contributed by atoms with van der Waals surface area (Å²) in [5.41, 5.74) is 2.08. The molecule has 5 heteroatoms. The first-order valence-corrected chi connectivity index (χ1v) is 9.10. The summed E-state index contributed by atoms with van der Waals surface area (Å²) in [5.74, 6) is -0.00140. The Bertz CT molecular complexity index is 740. The Labute approximate surface area is 155 Å². The summed E-state index contributed by atoms with van der Waals surface area (Å²) in [6.07, 6.45) is 1.33. The van der Waals surface area contributed by atoms with Crippen molar-refractivity contribution in [1.29, 1.82) is 0 Å². The van der Waals surface area contributed by atoms with Gasteiger partial charge in [-0.05, 0) is 55.2 Å². The maximum Gasteiger partial charge on any atom is 0.235 e. The number of halogens is 2. The van der Waals surface area contributed by atoms with E-state index in [1.54, 1.807) is 0 Å². The lowest BCUT2D eigenvalue weighted by Crippen LogP contribution is -2.45. The monoisotopic (exact) mass is 407 g/mol. The van der Waals surface area contributed by atoms with E-state index in [1.165, 1.54) is 0 Å². The zero-order valence-electron chi connectivity index (χ0n) is 13.4. The molecule has 0 unspecified atom stereocenters. The summed E-state index contributed by atoms with van der Waals surface area (Å²) in [7, 11) is 0. The van der Waals surface area contributed by atoms with Crippen molar-refractivity contribution in [1.82, 2.24) is 0 Å². The Balaban J connectivity index is 1.95. The minimum Gasteiger partial charge on any atom is -0.381 e. The lowest BCUT2D eigenvalue weighted by molar-refractivity contribution is -0.125. The third kappa shape index (κ3) is 3.37. The number of carbonyl (C=O) groups is 1. The number of benzene rings is 2. The van der Waals surface area contributed by atoms with Crippen LogP contribution in [-0.4, -0.2) is 19.1 Å². The number of ether oxygens (including phenoxy) is 1. The third-order valence-electron chi connectivity index (χ3n) is 4.69. The number of carbonyl (C=O) groups excluding carboxylic acids is 1. The highest BCUT2D eigenvalue weighted by molar-refractivity contribution is 9.10. The summed E-state index contributed by atoms with van der Waals surface area (Å²) in [6.45, 7) is 3.07. The number of rotatable bonds is 3. The van der Waals surface area contributed by atoms with Crippen molar-refractivity contribution in [3.05, 3.63) is 63.1 Å². The van der Waals surface area contributed by atoms with Gasteiger partial charge in [-0.15, -0.1) is 0 Å². The van der Waals surface area contributed by atoms with Gasteiger partial charge in [-0.25, -0.2) is 0 Å². The molecule has 2 aromatic rings. The van der Waals surface area contributed by atoms with E-state index >= 15 is 0 Å². The van der Waals surface area contributed by atoms with E-state index in [4.69, 9.17) is 16.3 Å². The first-order valence-electron chi connectivity index (χ1n) is 7.93. The number of hydrogen-bond acceptors (Lipinski definition) is 2. The molecule has 0 bridgehead atoms. The van der Waals surface area contributed by atoms with Gasteiger partial charge in [0.15, 0.2) is 0 Å². The van der Waals surface area contributed by atoms with Crippen molar-refractivity contribution in [2.45, 2.75) is 25.2 Å². The van der Waals surface area contributed by atoms with E-state index in [0.29, 0.717) is 31.1 Å². The minimum absolute atomic E-state index is 0.00140. The van der Waals surface area contributed by atoms with Crippen LogP contribution in [0.2, 0.25) is 5.02 Å². The third-order valence-corrected chi connectivity index (χ3v) is 5.63. The van der Waals surface area contributed by atoms with Gasteiger partial charge >= 0.3 is 0 Å². The van der Waals surface area contributed by atoms with Crippen LogP contribution in [0.25, 0.3) is 0 Å². The van der Waals surface area contributed by atoms with Crippen LogP contribution in [0.5, 0.6) is 0 Å². The average Bonchev–Trinajstić information content (AvgIpc) is 2.60. The minimum atomic E-state index is -0.576. The van der Waals surface area contributed by atoms with Crippen molar-refractivity contribution in [2.75, 3.05) is 18.5 Å². The van der Waals surface area contributed by atoms with E-state index in [1.807, 2.05) is 49.4 Å². The van der Waals surface area contributed by atoms with Crippen molar-refractivity contribution < 1.29 is 9.53 Å². The molecule has 1 saturated heterocycles. The molecule has 1 fully saturated rings. The highest BCUT2D eigenvalue weighted by Gasteiger charge is 2.41. The first kappa shape index (κ1) is 17.5. The van der Waals surface area contributed by atoms with E-state index < -0.39 is 5.41 Å². The van der Waals surface area contributed by atoms with Gasteiger partial charge in [0.2, 0.25) is 5.91 Å². The Kier molecular flexibility index (Phi) is 5.28. The summed E-state index contributed by atoms with van der Waals surface area (Å²) in [4.78, 5) is 13.2. The Morgan fingerprint density at radius 3 is 2.50 bits per heavy atom. The van der Waals surface area contributed by atoms with Crippen LogP contribution in [-0.2, 0) is 14.9 Å². The standard InChI is InChI=1S/C19H19BrClNO2/c1-13-16(21)3-2-4-17(13)22-18(23)19(9-11-24-12-10-19)14-5-7-15(20)8-6-14/h2-8H,9-12H2,1H3,(H,22,23). The number of nitrogens with one attached hydrogen (secondary N) is 1. The summed E-state index contributed by atoms with van der Waals surface area (Å²) in [5, 5.41) is 3.73. The lowest BCUT2D eigenvalue weighted by Gasteiger charge is -2.36. The molecular weight excluding hydrogens is 390 g/mol. The topological polar surface area (TPSA) is 38.3 Å². The number of hydrogen-bond donors (Lipinski definition) is 1. The van der Waals surface area contributed by atoms with Crippen LogP contribution >= 0.6 is 27.5 Å². The second kappa shape index (κ2) is 7.26. The molecular formula is C19H19BrClNO2.